The fraction of sp³-hybridized carbons (Fsp3) is 0.632. The second kappa shape index (κ2) is 7.19. The Kier molecular flexibility index (Phi) is 4.81. The Hall–Kier alpha value is -1.46. The van der Waals surface area contributed by atoms with Crippen LogP contribution in [0.2, 0.25) is 0 Å². The van der Waals surface area contributed by atoms with Gasteiger partial charge in [-0.3, -0.25) is 4.90 Å². The van der Waals surface area contributed by atoms with Gasteiger partial charge in [-0.05, 0) is 30.9 Å². The van der Waals surface area contributed by atoms with Crippen molar-refractivity contribution in [3.05, 3.63) is 30.2 Å². The molecule has 1 saturated carbocycles. The quantitative estimate of drug-likeness (QED) is 0.831. The lowest BCUT2D eigenvalue weighted by atomic mass is 9.89. The Balaban J connectivity index is 1.29. The molecule has 0 bridgehead atoms. The van der Waals surface area contributed by atoms with Gasteiger partial charge < -0.3 is 9.15 Å². The predicted octanol–water partition coefficient (Wildman–Crippen LogP) is 3.95. The maximum atomic E-state index is 14.3. The number of nitrogens with zero attached hydrogens (tertiary/aromatic N) is 2. The minimum absolute atomic E-state index is 0.233. The van der Waals surface area contributed by atoms with Gasteiger partial charge >= 0.3 is 0 Å². The predicted molar refractivity (Wildman–Crippen MR) is 90.5 cm³/mol. The number of oxazole rings is 1. The van der Waals surface area contributed by atoms with Gasteiger partial charge in [0, 0.05) is 19.6 Å². The SMILES string of the molecule is FC1CN(CC2CCCCC2)CC1OCc1nc2ccccc2o1. The number of para-hydroxylation sites is 2. The number of hydrogen-bond donors (Lipinski definition) is 0. The number of alkyl halides is 1. The Morgan fingerprint density at radius 3 is 2.83 bits per heavy atom. The number of halogens is 1. The van der Waals surface area contributed by atoms with Crippen LogP contribution in [0.4, 0.5) is 4.39 Å². The number of benzene rings is 1. The molecule has 0 spiro atoms. The highest BCUT2D eigenvalue weighted by molar-refractivity contribution is 5.72. The normalized spacial score (nSPS) is 26.4. The zero-order valence-electron chi connectivity index (χ0n) is 14.0. The molecule has 4 nitrogen and oxygen atoms in total. The molecule has 1 aromatic carbocycles. The molecular formula is C19H25FN2O2. The molecule has 24 heavy (non-hydrogen) atoms. The molecule has 1 aliphatic carbocycles. The Labute approximate surface area is 142 Å². The maximum absolute atomic E-state index is 14.3. The highest BCUT2D eigenvalue weighted by Gasteiger charge is 2.35. The molecule has 2 heterocycles. The van der Waals surface area contributed by atoms with Crippen LogP contribution in [0.15, 0.2) is 28.7 Å². The van der Waals surface area contributed by atoms with E-state index < -0.39 is 6.17 Å². The fourth-order valence-electron chi connectivity index (χ4n) is 4.01. The molecule has 2 atom stereocenters. The van der Waals surface area contributed by atoms with Crippen LogP contribution in [0, 0.1) is 5.92 Å². The van der Waals surface area contributed by atoms with E-state index in [4.69, 9.17) is 9.15 Å². The van der Waals surface area contributed by atoms with Crippen molar-refractivity contribution in [3.8, 4) is 0 Å². The Morgan fingerprint density at radius 2 is 2.00 bits per heavy atom. The van der Waals surface area contributed by atoms with Crippen molar-refractivity contribution in [1.82, 2.24) is 9.88 Å². The van der Waals surface area contributed by atoms with Crippen LogP contribution < -0.4 is 0 Å². The molecule has 2 unspecified atom stereocenters. The molecule has 0 radical (unpaired) electrons. The van der Waals surface area contributed by atoms with Gasteiger partial charge in [-0.2, -0.15) is 0 Å². The van der Waals surface area contributed by atoms with Crippen LogP contribution in [-0.4, -0.2) is 41.8 Å². The van der Waals surface area contributed by atoms with Crippen LogP contribution in [0.5, 0.6) is 0 Å². The minimum Gasteiger partial charge on any atom is -0.438 e. The van der Waals surface area contributed by atoms with Crippen LogP contribution in [0.1, 0.15) is 38.0 Å². The van der Waals surface area contributed by atoms with Gasteiger partial charge in [0.1, 0.15) is 24.4 Å². The Bertz CT molecular complexity index is 635. The van der Waals surface area contributed by atoms with E-state index in [0.29, 0.717) is 19.0 Å². The van der Waals surface area contributed by atoms with E-state index in [1.54, 1.807) is 0 Å². The lowest BCUT2D eigenvalue weighted by Crippen LogP contribution is -2.30. The molecule has 1 saturated heterocycles. The van der Waals surface area contributed by atoms with E-state index in [1.165, 1.54) is 32.1 Å². The van der Waals surface area contributed by atoms with E-state index in [0.717, 1.165) is 23.6 Å². The summed E-state index contributed by atoms with van der Waals surface area (Å²) in [6, 6.07) is 7.62. The van der Waals surface area contributed by atoms with Crippen molar-refractivity contribution >= 4 is 11.1 Å². The Morgan fingerprint density at radius 1 is 1.17 bits per heavy atom. The summed E-state index contributed by atoms with van der Waals surface area (Å²) in [4.78, 5) is 6.62. The first-order chi connectivity index (χ1) is 11.8. The summed E-state index contributed by atoms with van der Waals surface area (Å²) in [6.07, 6.45) is 5.31. The van der Waals surface area contributed by atoms with Gasteiger partial charge in [0.05, 0.1) is 0 Å². The van der Waals surface area contributed by atoms with Crippen molar-refractivity contribution in [2.45, 2.75) is 51.0 Å². The summed E-state index contributed by atoms with van der Waals surface area (Å²) in [5.74, 6) is 1.26. The molecule has 2 aromatic rings. The minimum atomic E-state index is -0.919. The standard InChI is InChI=1S/C19H25FN2O2/c20-15-11-22(10-14-6-2-1-3-7-14)12-18(15)23-13-19-21-16-8-4-5-9-17(16)24-19/h4-5,8-9,14-15,18H,1-3,6-7,10-13H2. The van der Waals surface area contributed by atoms with E-state index >= 15 is 0 Å². The smallest absolute Gasteiger partial charge is 0.221 e. The summed E-state index contributed by atoms with van der Waals surface area (Å²) in [7, 11) is 0. The molecular weight excluding hydrogens is 307 g/mol. The van der Waals surface area contributed by atoms with Gasteiger partial charge in [0.25, 0.3) is 0 Å². The number of aromatic nitrogens is 1. The largest absolute Gasteiger partial charge is 0.438 e. The van der Waals surface area contributed by atoms with Crippen molar-refractivity contribution in [2.24, 2.45) is 5.92 Å². The van der Waals surface area contributed by atoms with Crippen LogP contribution in [-0.2, 0) is 11.3 Å². The third-order valence-corrected chi connectivity index (χ3v) is 5.27. The van der Waals surface area contributed by atoms with E-state index in [1.807, 2.05) is 24.3 Å². The molecule has 2 fully saturated rings. The third kappa shape index (κ3) is 3.62. The molecule has 2 aliphatic rings. The summed E-state index contributed by atoms with van der Waals surface area (Å²) in [5.41, 5.74) is 1.57. The molecule has 4 rings (SSSR count). The van der Waals surface area contributed by atoms with Gasteiger partial charge in [-0.1, -0.05) is 31.4 Å². The van der Waals surface area contributed by atoms with Gasteiger partial charge in [0.15, 0.2) is 5.58 Å². The van der Waals surface area contributed by atoms with E-state index in [-0.39, 0.29) is 12.7 Å². The number of ether oxygens (including phenoxy) is 1. The number of likely N-dealkylation sites (tertiary alicyclic amines) is 1. The van der Waals surface area contributed by atoms with Crippen molar-refractivity contribution in [3.63, 3.8) is 0 Å². The average molecular weight is 332 g/mol. The summed E-state index contributed by atoms with van der Waals surface area (Å²) in [6.45, 7) is 2.42. The zero-order chi connectivity index (χ0) is 16.4. The number of hydrogen-bond acceptors (Lipinski definition) is 4. The average Bonchev–Trinajstić information content (AvgIpc) is 3.16. The highest BCUT2D eigenvalue weighted by atomic mass is 19.1. The molecule has 1 aliphatic heterocycles. The first-order valence-corrected chi connectivity index (χ1v) is 9.10. The molecule has 0 amide bonds. The van der Waals surface area contributed by atoms with Crippen molar-refractivity contribution in [1.29, 1.82) is 0 Å². The number of fused-ring (bicyclic) bond motifs is 1. The zero-order valence-corrected chi connectivity index (χ0v) is 14.0. The second-order valence-electron chi connectivity index (χ2n) is 7.16. The van der Waals surface area contributed by atoms with Crippen molar-refractivity contribution < 1.29 is 13.5 Å². The lowest BCUT2D eigenvalue weighted by molar-refractivity contribution is 0.00215. The summed E-state index contributed by atoms with van der Waals surface area (Å²) < 4.78 is 25.7. The molecule has 0 N–H and O–H groups in total. The van der Waals surface area contributed by atoms with Crippen LogP contribution >= 0.6 is 0 Å². The van der Waals surface area contributed by atoms with Gasteiger partial charge in [0.2, 0.25) is 5.89 Å². The highest BCUT2D eigenvalue weighted by Crippen LogP contribution is 2.27. The molecule has 1 aromatic heterocycles. The first kappa shape index (κ1) is 16.0. The molecule has 5 heteroatoms. The van der Waals surface area contributed by atoms with E-state index in [9.17, 15) is 4.39 Å². The number of rotatable bonds is 5. The maximum Gasteiger partial charge on any atom is 0.221 e. The lowest BCUT2D eigenvalue weighted by Gasteiger charge is -2.26. The summed E-state index contributed by atoms with van der Waals surface area (Å²) in [5, 5.41) is 0. The van der Waals surface area contributed by atoms with Gasteiger partial charge in [-0.15, -0.1) is 0 Å². The summed E-state index contributed by atoms with van der Waals surface area (Å²) >= 11 is 0. The third-order valence-electron chi connectivity index (χ3n) is 5.27. The van der Waals surface area contributed by atoms with Crippen LogP contribution in [0.25, 0.3) is 11.1 Å². The van der Waals surface area contributed by atoms with E-state index in [2.05, 4.69) is 9.88 Å². The van der Waals surface area contributed by atoms with Crippen molar-refractivity contribution in [2.75, 3.05) is 19.6 Å². The molecule has 130 valence electrons. The topological polar surface area (TPSA) is 38.5 Å². The van der Waals surface area contributed by atoms with Gasteiger partial charge in [-0.25, -0.2) is 9.37 Å². The van der Waals surface area contributed by atoms with Crippen LogP contribution in [0.3, 0.4) is 0 Å². The first-order valence-electron chi connectivity index (χ1n) is 9.10. The monoisotopic (exact) mass is 332 g/mol. The fourth-order valence-corrected chi connectivity index (χ4v) is 4.01. The second-order valence-corrected chi connectivity index (χ2v) is 7.16.